The summed E-state index contributed by atoms with van der Waals surface area (Å²) in [5.41, 5.74) is 1.24. The lowest BCUT2D eigenvalue weighted by molar-refractivity contribution is -0.116. The summed E-state index contributed by atoms with van der Waals surface area (Å²) in [7, 11) is -0.470. The van der Waals surface area contributed by atoms with Crippen molar-refractivity contribution < 1.29 is 13.2 Å². The molecule has 2 aromatic rings. The Hall–Kier alpha value is -2.34. The molecule has 0 aromatic heterocycles. The maximum Gasteiger partial charge on any atom is 0.264 e. The highest BCUT2D eigenvalue weighted by Gasteiger charge is 2.21. The predicted molar refractivity (Wildman–Crippen MR) is 87.6 cm³/mol. The van der Waals surface area contributed by atoms with Crippen LogP contribution < -0.4 is 9.21 Å². The van der Waals surface area contributed by atoms with Crippen LogP contribution in [-0.2, 0) is 14.8 Å². The minimum absolute atomic E-state index is 0.114. The van der Waals surface area contributed by atoms with Crippen molar-refractivity contribution in [2.24, 2.45) is 0 Å². The van der Waals surface area contributed by atoms with Gasteiger partial charge in [-0.2, -0.15) is 0 Å². The van der Waals surface area contributed by atoms with Crippen LogP contribution in [0.15, 0.2) is 59.5 Å². The fourth-order valence-electron chi connectivity index (χ4n) is 1.96. The molecule has 0 saturated carbocycles. The zero-order chi connectivity index (χ0) is 16.3. The number of anilines is 2. The van der Waals surface area contributed by atoms with Crippen LogP contribution in [0.2, 0.25) is 0 Å². The number of rotatable bonds is 4. The van der Waals surface area contributed by atoms with E-state index in [9.17, 15) is 13.2 Å². The Balaban J connectivity index is 2.32. The molecule has 0 aliphatic carbocycles. The average molecular weight is 318 g/mol. The van der Waals surface area contributed by atoms with Crippen molar-refractivity contribution in [1.29, 1.82) is 0 Å². The third kappa shape index (κ3) is 3.12. The summed E-state index contributed by atoms with van der Waals surface area (Å²) in [6, 6.07) is 15.1. The van der Waals surface area contributed by atoms with Crippen LogP contribution in [0.4, 0.5) is 11.4 Å². The molecule has 0 aliphatic rings. The first kappa shape index (κ1) is 16.0. The molecule has 1 amide bonds. The van der Waals surface area contributed by atoms with Crippen LogP contribution in [0.3, 0.4) is 0 Å². The Labute approximate surface area is 130 Å². The molecule has 0 heterocycles. The molecule has 0 radical (unpaired) electrons. The van der Waals surface area contributed by atoms with Gasteiger partial charge in [0.2, 0.25) is 5.91 Å². The number of benzene rings is 2. The van der Waals surface area contributed by atoms with Gasteiger partial charge in [0, 0.05) is 26.7 Å². The molecule has 2 rings (SSSR count). The van der Waals surface area contributed by atoms with Crippen LogP contribution in [0, 0.1) is 0 Å². The van der Waals surface area contributed by atoms with Crippen molar-refractivity contribution in [3.63, 3.8) is 0 Å². The van der Waals surface area contributed by atoms with Crippen LogP contribution in [0.1, 0.15) is 6.92 Å². The van der Waals surface area contributed by atoms with Gasteiger partial charge in [-0.3, -0.25) is 9.10 Å². The molecular weight excluding hydrogens is 300 g/mol. The zero-order valence-electron chi connectivity index (χ0n) is 12.7. The molecule has 6 heteroatoms. The number of hydrogen-bond acceptors (Lipinski definition) is 3. The van der Waals surface area contributed by atoms with Gasteiger partial charge in [0.25, 0.3) is 10.0 Å². The minimum atomic E-state index is -3.62. The highest BCUT2D eigenvalue weighted by Crippen LogP contribution is 2.23. The average Bonchev–Trinajstić information content (AvgIpc) is 2.54. The fourth-order valence-corrected chi connectivity index (χ4v) is 3.15. The maximum atomic E-state index is 12.6. The number of hydrogen-bond donors (Lipinski definition) is 0. The van der Waals surface area contributed by atoms with Gasteiger partial charge in [-0.05, 0) is 36.4 Å². The summed E-state index contributed by atoms with van der Waals surface area (Å²) < 4.78 is 26.4. The van der Waals surface area contributed by atoms with Gasteiger partial charge in [0.1, 0.15) is 0 Å². The van der Waals surface area contributed by atoms with E-state index >= 15 is 0 Å². The second-order valence-corrected chi connectivity index (χ2v) is 6.85. The summed E-state index contributed by atoms with van der Waals surface area (Å²) in [6.07, 6.45) is 0. The standard InChI is InChI=1S/C16H18N2O3S/c1-13(19)17(2)14-9-11-16(12-10-14)22(20,21)18(3)15-7-5-4-6-8-15/h4-12H,1-3H3. The number of carbonyl (C=O) groups is 1. The van der Waals surface area contributed by atoms with Gasteiger partial charge in [0.05, 0.1) is 10.6 Å². The summed E-state index contributed by atoms with van der Waals surface area (Å²) in [4.78, 5) is 13.0. The molecule has 0 N–H and O–H groups in total. The lowest BCUT2D eigenvalue weighted by atomic mass is 10.3. The molecule has 116 valence electrons. The van der Waals surface area contributed by atoms with Crippen molar-refractivity contribution >= 4 is 27.3 Å². The SMILES string of the molecule is CC(=O)N(C)c1ccc(S(=O)(=O)N(C)c2ccccc2)cc1. The van der Waals surface area contributed by atoms with Crippen LogP contribution in [0.25, 0.3) is 0 Å². The van der Waals surface area contributed by atoms with E-state index < -0.39 is 10.0 Å². The second-order valence-electron chi connectivity index (χ2n) is 4.88. The first-order valence-corrected chi connectivity index (χ1v) is 8.16. The van der Waals surface area contributed by atoms with E-state index in [1.165, 1.54) is 35.3 Å². The predicted octanol–water partition coefficient (Wildman–Crippen LogP) is 2.49. The number of amides is 1. The first-order chi connectivity index (χ1) is 10.3. The van der Waals surface area contributed by atoms with Gasteiger partial charge in [-0.25, -0.2) is 8.42 Å². The summed E-state index contributed by atoms with van der Waals surface area (Å²) >= 11 is 0. The van der Waals surface area contributed by atoms with E-state index in [1.807, 2.05) is 6.07 Å². The molecule has 0 aliphatic heterocycles. The Morgan fingerprint density at radius 3 is 1.91 bits per heavy atom. The Kier molecular flexibility index (Phi) is 4.51. The van der Waals surface area contributed by atoms with Crippen LogP contribution in [-0.4, -0.2) is 28.4 Å². The van der Waals surface area contributed by atoms with Crippen LogP contribution in [0.5, 0.6) is 0 Å². The first-order valence-electron chi connectivity index (χ1n) is 6.72. The largest absolute Gasteiger partial charge is 0.316 e. The molecule has 0 unspecified atom stereocenters. The molecule has 0 saturated heterocycles. The lowest BCUT2D eigenvalue weighted by Gasteiger charge is -2.20. The van der Waals surface area contributed by atoms with E-state index in [1.54, 1.807) is 43.4 Å². The molecule has 5 nitrogen and oxygen atoms in total. The van der Waals surface area contributed by atoms with Crippen molar-refractivity contribution in [2.45, 2.75) is 11.8 Å². The Bertz CT molecular complexity index is 756. The topological polar surface area (TPSA) is 57.7 Å². The van der Waals surface area contributed by atoms with Crippen LogP contribution >= 0.6 is 0 Å². The van der Waals surface area contributed by atoms with E-state index in [0.717, 1.165) is 0 Å². The Morgan fingerprint density at radius 1 is 0.864 bits per heavy atom. The maximum absolute atomic E-state index is 12.6. The lowest BCUT2D eigenvalue weighted by Crippen LogP contribution is -2.27. The van der Waals surface area contributed by atoms with Gasteiger partial charge in [0.15, 0.2) is 0 Å². The van der Waals surface area contributed by atoms with E-state index in [2.05, 4.69) is 0 Å². The Morgan fingerprint density at radius 2 is 1.41 bits per heavy atom. The quantitative estimate of drug-likeness (QED) is 0.870. The van der Waals surface area contributed by atoms with Gasteiger partial charge < -0.3 is 4.90 Å². The normalized spacial score (nSPS) is 11.0. The van der Waals surface area contributed by atoms with Crippen molar-refractivity contribution in [3.8, 4) is 0 Å². The highest BCUT2D eigenvalue weighted by atomic mass is 32.2. The number of nitrogens with zero attached hydrogens (tertiary/aromatic N) is 2. The summed E-state index contributed by atoms with van der Waals surface area (Å²) in [5.74, 6) is -0.114. The van der Waals surface area contributed by atoms with Crippen molar-refractivity contribution in [2.75, 3.05) is 23.3 Å². The van der Waals surface area contributed by atoms with Crippen molar-refractivity contribution in [3.05, 3.63) is 54.6 Å². The third-order valence-corrected chi connectivity index (χ3v) is 5.27. The highest BCUT2D eigenvalue weighted by molar-refractivity contribution is 7.92. The minimum Gasteiger partial charge on any atom is -0.316 e. The monoisotopic (exact) mass is 318 g/mol. The molecular formula is C16H18N2O3S. The van der Waals surface area contributed by atoms with E-state index in [0.29, 0.717) is 11.4 Å². The smallest absolute Gasteiger partial charge is 0.264 e. The van der Waals surface area contributed by atoms with E-state index in [4.69, 9.17) is 0 Å². The molecule has 0 atom stereocenters. The van der Waals surface area contributed by atoms with Gasteiger partial charge in [-0.15, -0.1) is 0 Å². The van der Waals surface area contributed by atoms with Gasteiger partial charge in [-0.1, -0.05) is 18.2 Å². The number of para-hydroxylation sites is 1. The zero-order valence-corrected chi connectivity index (χ0v) is 13.5. The molecule has 2 aromatic carbocycles. The molecule has 0 fully saturated rings. The van der Waals surface area contributed by atoms with E-state index in [-0.39, 0.29) is 10.8 Å². The van der Waals surface area contributed by atoms with Gasteiger partial charge >= 0.3 is 0 Å². The molecule has 22 heavy (non-hydrogen) atoms. The summed E-state index contributed by atoms with van der Waals surface area (Å²) in [6.45, 7) is 1.45. The molecule has 0 spiro atoms. The third-order valence-electron chi connectivity index (χ3n) is 3.47. The van der Waals surface area contributed by atoms with Crippen molar-refractivity contribution in [1.82, 2.24) is 0 Å². The number of carbonyl (C=O) groups excluding carboxylic acids is 1. The molecule has 0 bridgehead atoms. The second kappa shape index (κ2) is 6.19. The fraction of sp³-hybridized carbons (Fsp3) is 0.188. The number of sulfonamides is 1. The summed E-state index contributed by atoms with van der Waals surface area (Å²) in [5, 5.41) is 0.